The van der Waals surface area contributed by atoms with Gasteiger partial charge in [0, 0.05) is 28.8 Å². The second-order valence-electron chi connectivity index (χ2n) is 3.62. The number of nitrogens with zero attached hydrogens (tertiary/aromatic N) is 1. The number of halogens is 4. The summed E-state index contributed by atoms with van der Waals surface area (Å²) in [5, 5.41) is 0.0158. The van der Waals surface area contributed by atoms with Crippen molar-refractivity contribution in [1.29, 1.82) is 0 Å². The molecule has 3 nitrogen and oxygen atoms in total. The summed E-state index contributed by atoms with van der Waals surface area (Å²) >= 11 is 12.2. The fourth-order valence-corrected chi connectivity index (χ4v) is 2.49. The SMILES string of the molecule is NCc1cc(Br)cnc1Oc1cc(F)c(Cl)cc1Br. The topological polar surface area (TPSA) is 48.1 Å². The van der Waals surface area contributed by atoms with Gasteiger partial charge in [-0.25, -0.2) is 9.37 Å². The minimum absolute atomic E-state index is 0.0158. The zero-order chi connectivity index (χ0) is 14.0. The van der Waals surface area contributed by atoms with E-state index in [1.165, 1.54) is 12.1 Å². The predicted molar refractivity (Wildman–Crippen MR) is 79.0 cm³/mol. The van der Waals surface area contributed by atoms with E-state index in [1.807, 2.05) is 0 Å². The number of pyridine rings is 1. The molecule has 1 aromatic heterocycles. The first-order valence-electron chi connectivity index (χ1n) is 5.18. The average Bonchev–Trinajstić information content (AvgIpc) is 2.37. The number of hydrogen-bond acceptors (Lipinski definition) is 3. The van der Waals surface area contributed by atoms with Gasteiger partial charge < -0.3 is 10.5 Å². The van der Waals surface area contributed by atoms with Crippen LogP contribution in [0, 0.1) is 5.82 Å². The molecule has 100 valence electrons. The molecule has 0 bridgehead atoms. The Balaban J connectivity index is 2.39. The average molecular weight is 410 g/mol. The van der Waals surface area contributed by atoms with Crippen molar-refractivity contribution in [3.8, 4) is 11.6 Å². The standard InChI is InChI=1S/C12H8Br2ClFN2O/c13-7-1-6(4-17)12(18-5-7)19-11-3-10(16)9(15)2-8(11)14/h1-3,5H,4,17H2. The lowest BCUT2D eigenvalue weighted by Gasteiger charge is -2.11. The zero-order valence-corrected chi connectivity index (χ0v) is 13.4. The lowest BCUT2D eigenvalue weighted by molar-refractivity contribution is 0.449. The molecule has 7 heteroatoms. The maximum atomic E-state index is 13.4. The lowest BCUT2D eigenvalue weighted by Crippen LogP contribution is -2.01. The smallest absolute Gasteiger partial charge is 0.223 e. The summed E-state index contributed by atoms with van der Waals surface area (Å²) < 4.78 is 20.3. The van der Waals surface area contributed by atoms with E-state index in [-0.39, 0.29) is 17.3 Å². The minimum atomic E-state index is -0.564. The van der Waals surface area contributed by atoms with Gasteiger partial charge in [0.2, 0.25) is 5.88 Å². The van der Waals surface area contributed by atoms with Crippen LogP contribution in [0.1, 0.15) is 5.56 Å². The van der Waals surface area contributed by atoms with E-state index in [4.69, 9.17) is 22.1 Å². The van der Waals surface area contributed by atoms with Crippen molar-refractivity contribution in [1.82, 2.24) is 4.98 Å². The molecule has 0 unspecified atom stereocenters. The van der Waals surface area contributed by atoms with Crippen molar-refractivity contribution in [2.24, 2.45) is 5.73 Å². The maximum absolute atomic E-state index is 13.4. The van der Waals surface area contributed by atoms with Gasteiger partial charge in [-0.1, -0.05) is 11.6 Å². The van der Waals surface area contributed by atoms with Crippen LogP contribution in [-0.2, 0) is 6.54 Å². The molecule has 2 rings (SSSR count). The molecular weight excluding hydrogens is 402 g/mol. The minimum Gasteiger partial charge on any atom is -0.437 e. The Kier molecular flexibility index (Phi) is 4.78. The third kappa shape index (κ3) is 3.45. The summed E-state index contributed by atoms with van der Waals surface area (Å²) in [5.41, 5.74) is 6.32. The molecule has 0 aliphatic carbocycles. The third-order valence-corrected chi connectivity index (χ3v) is 3.64. The molecule has 0 radical (unpaired) electrons. The Bertz CT molecular complexity index is 625. The van der Waals surface area contributed by atoms with Crippen molar-refractivity contribution < 1.29 is 9.13 Å². The molecule has 2 N–H and O–H groups in total. The third-order valence-electron chi connectivity index (χ3n) is 2.29. The molecule has 0 spiro atoms. The van der Waals surface area contributed by atoms with Crippen LogP contribution in [0.5, 0.6) is 11.6 Å². The van der Waals surface area contributed by atoms with Gasteiger partial charge >= 0.3 is 0 Å². The number of nitrogens with two attached hydrogens (primary N) is 1. The van der Waals surface area contributed by atoms with Crippen LogP contribution in [0.2, 0.25) is 5.02 Å². The highest BCUT2D eigenvalue weighted by Crippen LogP contribution is 2.34. The van der Waals surface area contributed by atoms with Crippen LogP contribution in [0.15, 0.2) is 33.3 Å². The van der Waals surface area contributed by atoms with Gasteiger partial charge in [0.05, 0.1) is 9.50 Å². The van der Waals surface area contributed by atoms with E-state index in [0.29, 0.717) is 15.9 Å². The largest absolute Gasteiger partial charge is 0.437 e. The maximum Gasteiger partial charge on any atom is 0.223 e. The van der Waals surface area contributed by atoms with Crippen molar-refractivity contribution >= 4 is 43.5 Å². The predicted octanol–water partition coefficient (Wildman–Crippen LogP) is 4.65. The van der Waals surface area contributed by atoms with E-state index in [2.05, 4.69) is 36.8 Å². The summed E-state index contributed by atoms with van der Waals surface area (Å²) in [5.74, 6) is 0.0471. The summed E-state index contributed by atoms with van der Waals surface area (Å²) in [4.78, 5) is 4.11. The monoisotopic (exact) mass is 408 g/mol. The van der Waals surface area contributed by atoms with E-state index < -0.39 is 5.82 Å². The number of ether oxygens (including phenoxy) is 1. The van der Waals surface area contributed by atoms with Crippen LogP contribution >= 0.6 is 43.5 Å². The molecule has 0 saturated heterocycles. The highest BCUT2D eigenvalue weighted by Gasteiger charge is 2.12. The normalized spacial score (nSPS) is 10.6. The van der Waals surface area contributed by atoms with Crippen molar-refractivity contribution in [2.45, 2.75) is 6.54 Å². The lowest BCUT2D eigenvalue weighted by atomic mass is 10.2. The van der Waals surface area contributed by atoms with Gasteiger partial charge in [-0.3, -0.25) is 0 Å². The Labute approximate surface area is 131 Å². The first-order chi connectivity index (χ1) is 9.01. The molecule has 0 atom stereocenters. The van der Waals surface area contributed by atoms with E-state index in [1.54, 1.807) is 12.3 Å². The number of rotatable bonds is 3. The van der Waals surface area contributed by atoms with Crippen LogP contribution in [-0.4, -0.2) is 4.98 Å². The molecule has 0 amide bonds. The molecule has 0 fully saturated rings. The molecule has 1 heterocycles. The summed E-state index contributed by atoms with van der Waals surface area (Å²) in [7, 11) is 0. The fraction of sp³-hybridized carbons (Fsp3) is 0.0833. The number of aromatic nitrogens is 1. The quantitative estimate of drug-likeness (QED) is 0.750. The van der Waals surface area contributed by atoms with Gasteiger partial charge in [-0.2, -0.15) is 0 Å². The summed E-state index contributed by atoms with van der Waals surface area (Å²) in [6.07, 6.45) is 1.58. The molecule has 1 aromatic carbocycles. The highest BCUT2D eigenvalue weighted by atomic mass is 79.9. The molecule has 0 aliphatic heterocycles. The molecule has 2 aromatic rings. The second kappa shape index (κ2) is 6.17. The summed E-state index contributed by atoms with van der Waals surface area (Å²) in [6, 6.07) is 4.41. The van der Waals surface area contributed by atoms with Crippen LogP contribution < -0.4 is 10.5 Å². The van der Waals surface area contributed by atoms with E-state index in [9.17, 15) is 4.39 Å². The summed E-state index contributed by atoms with van der Waals surface area (Å²) in [6.45, 7) is 0.259. The number of benzene rings is 1. The van der Waals surface area contributed by atoms with Crippen molar-refractivity contribution in [3.05, 3.63) is 49.7 Å². The van der Waals surface area contributed by atoms with Crippen LogP contribution in [0.25, 0.3) is 0 Å². The van der Waals surface area contributed by atoms with Gasteiger partial charge in [-0.05, 0) is 44.0 Å². The van der Waals surface area contributed by atoms with Gasteiger partial charge in [0.1, 0.15) is 11.6 Å². The first-order valence-corrected chi connectivity index (χ1v) is 7.14. The second-order valence-corrected chi connectivity index (χ2v) is 5.80. The fourth-order valence-electron chi connectivity index (χ4n) is 1.39. The Morgan fingerprint density at radius 1 is 1.32 bits per heavy atom. The number of hydrogen-bond donors (Lipinski definition) is 1. The van der Waals surface area contributed by atoms with Crippen molar-refractivity contribution in [2.75, 3.05) is 0 Å². The van der Waals surface area contributed by atoms with Crippen LogP contribution in [0.3, 0.4) is 0 Å². The highest BCUT2D eigenvalue weighted by molar-refractivity contribution is 9.10. The first kappa shape index (κ1) is 14.7. The molecule has 0 saturated carbocycles. The van der Waals surface area contributed by atoms with Gasteiger partial charge in [0.25, 0.3) is 0 Å². The molecule has 0 aliphatic rings. The zero-order valence-electron chi connectivity index (χ0n) is 9.46. The molecular formula is C12H8Br2ClFN2O. The molecule has 19 heavy (non-hydrogen) atoms. The van der Waals surface area contributed by atoms with Crippen LogP contribution in [0.4, 0.5) is 4.39 Å². The van der Waals surface area contributed by atoms with E-state index >= 15 is 0 Å². The Hall–Kier alpha value is -0.690. The Morgan fingerprint density at radius 2 is 2.05 bits per heavy atom. The van der Waals surface area contributed by atoms with Crippen molar-refractivity contribution in [3.63, 3.8) is 0 Å². The van der Waals surface area contributed by atoms with Gasteiger partial charge in [0.15, 0.2) is 0 Å². The Morgan fingerprint density at radius 3 is 2.74 bits per heavy atom. The van der Waals surface area contributed by atoms with Gasteiger partial charge in [-0.15, -0.1) is 0 Å². The van der Waals surface area contributed by atoms with E-state index in [0.717, 1.165) is 4.47 Å².